The van der Waals surface area contributed by atoms with E-state index in [2.05, 4.69) is 31.1 Å². The third-order valence-corrected chi connectivity index (χ3v) is 5.17. The minimum absolute atomic E-state index is 0.667. The summed E-state index contributed by atoms with van der Waals surface area (Å²) in [5.41, 5.74) is 0. The molecule has 2 rings (SSSR count). The fraction of sp³-hybridized carbons (Fsp3) is 1.00. The Bertz CT molecular complexity index is 269. The fourth-order valence-electron chi connectivity index (χ4n) is 4.48. The number of likely N-dealkylation sites (tertiary alicyclic amines) is 1. The maximum Gasteiger partial charge on any atom is 0.0502 e. The smallest absolute Gasteiger partial charge is 0.0502 e. The quantitative estimate of drug-likeness (QED) is 0.847. The van der Waals surface area contributed by atoms with Crippen LogP contribution in [0.5, 0.6) is 0 Å². The van der Waals surface area contributed by atoms with Crippen LogP contribution in [-0.2, 0) is 4.74 Å². The van der Waals surface area contributed by atoms with Gasteiger partial charge in [0.2, 0.25) is 0 Å². The molecule has 0 aromatic rings. The van der Waals surface area contributed by atoms with Crippen molar-refractivity contribution in [2.24, 2.45) is 17.8 Å². The molecule has 1 aliphatic heterocycles. The second kappa shape index (κ2) is 7.05. The van der Waals surface area contributed by atoms with Crippen LogP contribution in [0.15, 0.2) is 0 Å². The molecular weight excluding hydrogens is 236 g/mol. The number of rotatable bonds is 4. The lowest BCUT2D eigenvalue weighted by Gasteiger charge is -2.48. The van der Waals surface area contributed by atoms with Crippen LogP contribution in [0, 0.1) is 17.8 Å². The average molecular weight is 268 g/mol. The van der Waals surface area contributed by atoms with E-state index in [1.807, 2.05) is 7.11 Å². The maximum atomic E-state index is 5.37. The zero-order valence-corrected chi connectivity index (χ0v) is 13.2. The van der Waals surface area contributed by atoms with Crippen molar-refractivity contribution in [2.75, 3.05) is 33.9 Å². The fourth-order valence-corrected chi connectivity index (χ4v) is 4.48. The average Bonchev–Trinajstić information content (AvgIpc) is 2.38. The molecule has 19 heavy (non-hydrogen) atoms. The van der Waals surface area contributed by atoms with Gasteiger partial charge in [-0.1, -0.05) is 13.8 Å². The van der Waals surface area contributed by atoms with Gasteiger partial charge in [0.05, 0.1) is 6.61 Å². The summed E-state index contributed by atoms with van der Waals surface area (Å²) < 4.78 is 5.37. The topological polar surface area (TPSA) is 24.5 Å². The summed E-state index contributed by atoms with van der Waals surface area (Å²) >= 11 is 0. The molecule has 1 aliphatic carbocycles. The molecule has 5 unspecified atom stereocenters. The molecule has 1 saturated heterocycles. The number of hydrogen-bond donors (Lipinski definition) is 1. The highest BCUT2D eigenvalue weighted by Gasteiger charge is 2.38. The van der Waals surface area contributed by atoms with Gasteiger partial charge in [-0.3, -0.25) is 4.90 Å². The standard InChI is InChI=1S/C16H32N2O/c1-12-8-13(2)16(15(9-12)17-3)18-7-5-6-14(10-18)11-19-4/h12-17H,5-11H2,1-4H3. The van der Waals surface area contributed by atoms with Gasteiger partial charge >= 0.3 is 0 Å². The predicted molar refractivity (Wildman–Crippen MR) is 80.4 cm³/mol. The highest BCUT2D eigenvalue weighted by atomic mass is 16.5. The minimum Gasteiger partial charge on any atom is -0.384 e. The Morgan fingerprint density at radius 1 is 1.26 bits per heavy atom. The molecule has 2 aliphatic rings. The molecule has 0 aromatic carbocycles. The van der Waals surface area contributed by atoms with Crippen LogP contribution in [0.2, 0.25) is 0 Å². The molecule has 3 heteroatoms. The van der Waals surface area contributed by atoms with Gasteiger partial charge in [-0.05, 0) is 57.0 Å². The zero-order chi connectivity index (χ0) is 13.8. The highest BCUT2D eigenvalue weighted by Crippen LogP contribution is 2.34. The third kappa shape index (κ3) is 3.71. The number of hydrogen-bond acceptors (Lipinski definition) is 3. The third-order valence-electron chi connectivity index (χ3n) is 5.17. The van der Waals surface area contributed by atoms with Crippen molar-refractivity contribution in [3.05, 3.63) is 0 Å². The summed E-state index contributed by atoms with van der Waals surface area (Å²) in [6.07, 6.45) is 5.39. The summed E-state index contributed by atoms with van der Waals surface area (Å²) in [6.45, 7) is 8.29. The van der Waals surface area contributed by atoms with E-state index in [1.165, 1.54) is 38.8 Å². The lowest BCUT2D eigenvalue weighted by Crippen LogP contribution is -2.58. The monoisotopic (exact) mass is 268 g/mol. The predicted octanol–water partition coefficient (Wildman–Crippen LogP) is 2.37. The number of nitrogens with one attached hydrogen (secondary N) is 1. The van der Waals surface area contributed by atoms with Gasteiger partial charge in [0.1, 0.15) is 0 Å². The van der Waals surface area contributed by atoms with Crippen LogP contribution >= 0.6 is 0 Å². The van der Waals surface area contributed by atoms with E-state index in [9.17, 15) is 0 Å². The molecule has 112 valence electrons. The van der Waals surface area contributed by atoms with Gasteiger partial charge in [-0.15, -0.1) is 0 Å². The van der Waals surface area contributed by atoms with Crippen molar-refractivity contribution in [1.29, 1.82) is 0 Å². The van der Waals surface area contributed by atoms with E-state index in [1.54, 1.807) is 0 Å². The zero-order valence-electron chi connectivity index (χ0n) is 13.2. The number of ether oxygens (including phenoxy) is 1. The molecule has 1 N–H and O–H groups in total. The summed E-state index contributed by atoms with van der Waals surface area (Å²) in [6, 6.07) is 1.39. The van der Waals surface area contributed by atoms with Crippen LogP contribution < -0.4 is 5.32 Å². The largest absolute Gasteiger partial charge is 0.384 e. The molecule has 0 spiro atoms. The van der Waals surface area contributed by atoms with Gasteiger partial charge in [0.15, 0.2) is 0 Å². The van der Waals surface area contributed by atoms with E-state index in [-0.39, 0.29) is 0 Å². The molecule has 0 radical (unpaired) electrons. The molecule has 5 atom stereocenters. The maximum absolute atomic E-state index is 5.37. The van der Waals surface area contributed by atoms with Crippen LogP contribution in [0.4, 0.5) is 0 Å². The first kappa shape index (κ1) is 15.3. The second-order valence-corrected chi connectivity index (χ2v) is 6.90. The molecule has 2 fully saturated rings. The van der Waals surface area contributed by atoms with Crippen molar-refractivity contribution in [2.45, 2.75) is 51.6 Å². The van der Waals surface area contributed by atoms with E-state index < -0.39 is 0 Å². The van der Waals surface area contributed by atoms with Crippen molar-refractivity contribution >= 4 is 0 Å². The summed E-state index contributed by atoms with van der Waals surface area (Å²) in [5, 5.41) is 3.59. The van der Waals surface area contributed by atoms with Gasteiger partial charge in [0, 0.05) is 25.7 Å². The Morgan fingerprint density at radius 3 is 2.74 bits per heavy atom. The first-order valence-corrected chi connectivity index (χ1v) is 8.06. The summed E-state index contributed by atoms with van der Waals surface area (Å²) in [5.74, 6) is 2.41. The number of likely N-dealkylation sites (N-methyl/N-ethyl adjacent to an activating group) is 1. The first-order chi connectivity index (χ1) is 9.15. The lowest BCUT2D eigenvalue weighted by molar-refractivity contribution is 0.0151. The van der Waals surface area contributed by atoms with Crippen LogP contribution in [-0.4, -0.2) is 50.8 Å². The number of piperidine rings is 1. The van der Waals surface area contributed by atoms with Crippen LogP contribution in [0.3, 0.4) is 0 Å². The highest BCUT2D eigenvalue weighted by molar-refractivity contribution is 4.95. The first-order valence-electron chi connectivity index (χ1n) is 8.06. The van der Waals surface area contributed by atoms with Crippen molar-refractivity contribution < 1.29 is 4.74 Å². The van der Waals surface area contributed by atoms with Gasteiger partial charge in [0.25, 0.3) is 0 Å². The Labute approximate surface area is 119 Å². The molecule has 0 aromatic heterocycles. The minimum atomic E-state index is 0.667. The number of nitrogens with zero attached hydrogens (tertiary/aromatic N) is 1. The molecule has 3 nitrogen and oxygen atoms in total. The summed E-state index contributed by atoms with van der Waals surface area (Å²) in [4.78, 5) is 2.75. The van der Waals surface area contributed by atoms with Crippen molar-refractivity contribution in [3.8, 4) is 0 Å². The molecule has 1 heterocycles. The molecule has 1 saturated carbocycles. The molecule has 0 bridgehead atoms. The Hall–Kier alpha value is -0.120. The Morgan fingerprint density at radius 2 is 2.05 bits per heavy atom. The van der Waals surface area contributed by atoms with Gasteiger partial charge in [-0.2, -0.15) is 0 Å². The van der Waals surface area contributed by atoms with Gasteiger partial charge in [-0.25, -0.2) is 0 Å². The summed E-state index contributed by atoms with van der Waals surface area (Å²) in [7, 11) is 3.97. The Balaban J connectivity index is 2.01. The second-order valence-electron chi connectivity index (χ2n) is 6.90. The van der Waals surface area contributed by atoms with E-state index in [4.69, 9.17) is 4.74 Å². The molecule has 0 amide bonds. The Kier molecular flexibility index (Phi) is 5.67. The molecular formula is C16H32N2O. The van der Waals surface area contributed by atoms with Crippen LogP contribution in [0.25, 0.3) is 0 Å². The lowest BCUT2D eigenvalue weighted by atomic mass is 9.75. The van der Waals surface area contributed by atoms with E-state index in [0.717, 1.165) is 30.4 Å². The van der Waals surface area contributed by atoms with Gasteiger partial charge < -0.3 is 10.1 Å². The van der Waals surface area contributed by atoms with Crippen LogP contribution in [0.1, 0.15) is 39.5 Å². The van der Waals surface area contributed by atoms with E-state index in [0.29, 0.717) is 6.04 Å². The van der Waals surface area contributed by atoms with Crippen molar-refractivity contribution in [1.82, 2.24) is 10.2 Å². The SMILES string of the molecule is CNC1CC(C)CC(C)C1N1CCCC(COC)C1. The van der Waals surface area contributed by atoms with Crippen molar-refractivity contribution in [3.63, 3.8) is 0 Å². The normalized spacial score (nSPS) is 41.4. The number of methoxy groups -OCH3 is 1. The van der Waals surface area contributed by atoms with E-state index >= 15 is 0 Å².